The largest absolute Gasteiger partial charge is 0.487 e. The number of rotatable bonds is 6. The fraction of sp³-hybridized carbons (Fsp3) is 0.250. The van der Waals surface area contributed by atoms with Gasteiger partial charge >= 0.3 is 0 Å². The third kappa shape index (κ3) is 4.28. The molecule has 0 fully saturated rings. The molecule has 4 nitrogen and oxygen atoms in total. The van der Waals surface area contributed by atoms with Crippen molar-refractivity contribution < 1.29 is 18.7 Å². The minimum atomic E-state index is -0.339. The average Bonchev–Trinajstić information content (AvgIpc) is 3.34. The zero-order valence-corrected chi connectivity index (χ0v) is 17.6. The Balaban J connectivity index is 1.44. The molecule has 3 aromatic rings. The third-order valence-electron chi connectivity index (χ3n) is 5.22. The number of ketones is 1. The first kappa shape index (κ1) is 20.3. The number of thiophene rings is 1. The molecule has 0 saturated carbocycles. The molecule has 154 valence electrons. The highest BCUT2D eigenvalue weighted by Crippen LogP contribution is 2.42. The molecule has 1 aliphatic rings. The Hall–Kier alpha value is -2.99. The van der Waals surface area contributed by atoms with Crippen molar-refractivity contribution in [3.8, 4) is 16.2 Å². The van der Waals surface area contributed by atoms with E-state index in [2.05, 4.69) is 5.32 Å². The van der Waals surface area contributed by atoms with Crippen LogP contribution < -0.4 is 10.1 Å². The van der Waals surface area contributed by atoms with Gasteiger partial charge in [-0.15, -0.1) is 11.3 Å². The van der Waals surface area contributed by atoms with Crippen LogP contribution in [0.1, 0.15) is 33.3 Å². The van der Waals surface area contributed by atoms with Crippen molar-refractivity contribution in [2.24, 2.45) is 0 Å². The lowest BCUT2D eigenvalue weighted by atomic mass is 10.0. The summed E-state index contributed by atoms with van der Waals surface area (Å²) in [5.41, 5.74) is 3.50. The van der Waals surface area contributed by atoms with Gasteiger partial charge in [-0.3, -0.25) is 9.59 Å². The number of aryl methyl sites for hydroxylation is 1. The number of carbonyl (C=O) groups is 2. The standard InChI is InChI=1S/C24H22FNO3S/c1-14-5-3-4-6-16(14)11-23(28)26-13-19-10-17-9-18(25)12-20(24(17)29-19)22-8-7-21(30-22)15(2)27/h3-9,12,19H,10-11,13H2,1-2H3,(H,26,28). The summed E-state index contributed by atoms with van der Waals surface area (Å²) < 4.78 is 20.3. The van der Waals surface area contributed by atoms with Crippen LogP contribution in [0.15, 0.2) is 48.5 Å². The summed E-state index contributed by atoms with van der Waals surface area (Å²) in [6, 6.07) is 14.3. The van der Waals surface area contributed by atoms with Crippen molar-refractivity contribution >= 4 is 23.0 Å². The molecule has 0 aliphatic carbocycles. The first-order valence-corrected chi connectivity index (χ1v) is 10.6. The van der Waals surface area contributed by atoms with Crippen LogP contribution in [0.4, 0.5) is 4.39 Å². The maximum atomic E-state index is 14.2. The van der Waals surface area contributed by atoms with Gasteiger partial charge in [-0.2, -0.15) is 0 Å². The first-order valence-electron chi connectivity index (χ1n) is 9.82. The molecule has 0 spiro atoms. The van der Waals surface area contributed by atoms with Crippen LogP contribution in [0.2, 0.25) is 0 Å². The van der Waals surface area contributed by atoms with Crippen LogP contribution in [-0.2, 0) is 17.6 Å². The van der Waals surface area contributed by atoms with Crippen LogP contribution in [-0.4, -0.2) is 24.3 Å². The molecule has 1 amide bonds. The van der Waals surface area contributed by atoms with E-state index < -0.39 is 0 Å². The van der Waals surface area contributed by atoms with Gasteiger partial charge in [-0.25, -0.2) is 4.39 Å². The highest BCUT2D eigenvalue weighted by molar-refractivity contribution is 7.17. The summed E-state index contributed by atoms with van der Waals surface area (Å²) in [6.07, 6.45) is 0.582. The minimum absolute atomic E-state index is 0.0190. The smallest absolute Gasteiger partial charge is 0.224 e. The van der Waals surface area contributed by atoms with Crippen molar-refractivity contribution in [2.75, 3.05) is 6.54 Å². The molecule has 1 unspecified atom stereocenters. The van der Waals surface area contributed by atoms with E-state index in [1.807, 2.05) is 37.3 Å². The minimum Gasteiger partial charge on any atom is -0.487 e. The van der Waals surface area contributed by atoms with Crippen molar-refractivity contribution in [1.29, 1.82) is 0 Å². The quantitative estimate of drug-likeness (QED) is 0.584. The van der Waals surface area contributed by atoms with E-state index in [4.69, 9.17) is 4.74 Å². The molecule has 1 atom stereocenters. The van der Waals surface area contributed by atoms with Crippen LogP contribution in [0.25, 0.3) is 10.4 Å². The molecule has 4 rings (SSSR count). The average molecular weight is 424 g/mol. The fourth-order valence-corrected chi connectivity index (χ4v) is 4.55. The summed E-state index contributed by atoms with van der Waals surface area (Å²) in [5, 5.41) is 2.93. The number of amides is 1. The summed E-state index contributed by atoms with van der Waals surface area (Å²) in [4.78, 5) is 25.4. The van der Waals surface area contributed by atoms with Gasteiger partial charge in [0.2, 0.25) is 5.91 Å². The Kier molecular flexibility index (Phi) is 5.68. The van der Waals surface area contributed by atoms with Gasteiger partial charge < -0.3 is 10.1 Å². The molecule has 6 heteroatoms. The highest BCUT2D eigenvalue weighted by Gasteiger charge is 2.28. The van der Waals surface area contributed by atoms with E-state index in [-0.39, 0.29) is 23.6 Å². The Labute approximate surface area is 178 Å². The summed E-state index contributed by atoms with van der Waals surface area (Å²) in [7, 11) is 0. The fourth-order valence-electron chi connectivity index (χ4n) is 3.63. The predicted octanol–water partition coefficient (Wildman–Crippen LogP) is 4.73. The van der Waals surface area contributed by atoms with Gasteiger partial charge in [0.15, 0.2) is 5.78 Å². The Morgan fingerprint density at radius 2 is 2.00 bits per heavy atom. The van der Waals surface area contributed by atoms with E-state index in [1.54, 1.807) is 6.07 Å². The summed E-state index contributed by atoms with van der Waals surface area (Å²) >= 11 is 1.32. The molecule has 1 N–H and O–H groups in total. The second-order valence-electron chi connectivity index (χ2n) is 7.51. The lowest BCUT2D eigenvalue weighted by molar-refractivity contribution is -0.120. The van der Waals surface area contributed by atoms with Crippen molar-refractivity contribution in [3.63, 3.8) is 0 Å². The number of Topliss-reactive ketones (excluding diaryl/α,β-unsaturated/α-hetero) is 1. The second-order valence-corrected chi connectivity index (χ2v) is 8.60. The van der Waals surface area contributed by atoms with E-state index >= 15 is 0 Å². The molecular weight excluding hydrogens is 401 g/mol. The number of fused-ring (bicyclic) bond motifs is 1. The molecular formula is C24H22FNO3S. The molecule has 1 aromatic heterocycles. The predicted molar refractivity (Wildman–Crippen MR) is 116 cm³/mol. The van der Waals surface area contributed by atoms with Crippen molar-refractivity contribution in [3.05, 3.63) is 75.9 Å². The molecule has 30 heavy (non-hydrogen) atoms. The Bertz CT molecular complexity index is 1120. The van der Waals surface area contributed by atoms with E-state index in [0.29, 0.717) is 35.6 Å². The Morgan fingerprint density at radius 3 is 2.73 bits per heavy atom. The van der Waals surface area contributed by atoms with Gasteiger partial charge in [0.05, 0.1) is 17.8 Å². The highest BCUT2D eigenvalue weighted by atomic mass is 32.1. The molecule has 0 bridgehead atoms. The van der Waals surface area contributed by atoms with Crippen LogP contribution >= 0.6 is 11.3 Å². The maximum Gasteiger partial charge on any atom is 0.224 e. The van der Waals surface area contributed by atoms with E-state index in [9.17, 15) is 14.0 Å². The second kappa shape index (κ2) is 8.40. The number of halogens is 1. The maximum absolute atomic E-state index is 14.2. The van der Waals surface area contributed by atoms with Crippen LogP contribution in [0.3, 0.4) is 0 Å². The number of hydrogen-bond donors (Lipinski definition) is 1. The zero-order valence-electron chi connectivity index (χ0n) is 16.8. The van der Waals surface area contributed by atoms with E-state index in [1.165, 1.54) is 30.4 Å². The summed E-state index contributed by atoms with van der Waals surface area (Å²) in [6.45, 7) is 3.85. The van der Waals surface area contributed by atoms with Gasteiger partial charge in [0.25, 0.3) is 0 Å². The number of ether oxygens (including phenoxy) is 1. The zero-order chi connectivity index (χ0) is 21.3. The van der Waals surface area contributed by atoms with E-state index in [0.717, 1.165) is 21.6 Å². The van der Waals surface area contributed by atoms with Gasteiger partial charge in [0, 0.05) is 22.4 Å². The number of carbonyl (C=O) groups excluding carboxylic acids is 2. The molecule has 0 saturated heterocycles. The lowest BCUT2D eigenvalue weighted by Gasteiger charge is -2.13. The Morgan fingerprint density at radius 1 is 1.20 bits per heavy atom. The van der Waals surface area contributed by atoms with Crippen LogP contribution in [0.5, 0.6) is 5.75 Å². The van der Waals surface area contributed by atoms with Gasteiger partial charge in [0.1, 0.15) is 17.7 Å². The monoisotopic (exact) mass is 423 g/mol. The molecule has 2 heterocycles. The lowest BCUT2D eigenvalue weighted by Crippen LogP contribution is -2.35. The molecule has 0 radical (unpaired) electrons. The summed E-state index contributed by atoms with van der Waals surface area (Å²) in [5.74, 6) is 0.204. The van der Waals surface area contributed by atoms with Crippen LogP contribution in [0, 0.1) is 12.7 Å². The number of benzene rings is 2. The van der Waals surface area contributed by atoms with Gasteiger partial charge in [-0.05, 0) is 49.2 Å². The topological polar surface area (TPSA) is 55.4 Å². The molecule has 2 aromatic carbocycles. The number of nitrogens with one attached hydrogen (secondary N) is 1. The van der Waals surface area contributed by atoms with Crippen molar-refractivity contribution in [1.82, 2.24) is 5.32 Å². The molecule has 1 aliphatic heterocycles. The first-order chi connectivity index (χ1) is 14.4. The van der Waals surface area contributed by atoms with Gasteiger partial charge in [-0.1, -0.05) is 24.3 Å². The SMILES string of the molecule is CC(=O)c1ccc(-c2cc(F)cc3c2OC(CNC(=O)Cc2ccccc2C)C3)s1. The third-order valence-corrected chi connectivity index (χ3v) is 6.44. The van der Waals surface area contributed by atoms with Crippen molar-refractivity contribution in [2.45, 2.75) is 32.8 Å². The number of hydrogen-bond acceptors (Lipinski definition) is 4. The normalized spacial score (nSPS) is 14.8.